The summed E-state index contributed by atoms with van der Waals surface area (Å²) in [5.41, 5.74) is 0. The summed E-state index contributed by atoms with van der Waals surface area (Å²) in [6, 6.07) is 0. The van der Waals surface area contributed by atoms with E-state index in [1.165, 1.54) is 0 Å². The predicted octanol–water partition coefficient (Wildman–Crippen LogP) is 1.26. The Morgan fingerprint density at radius 2 is 2.17 bits per heavy atom. The number of aliphatic carboxylic acids is 1. The number of carbonyl (C=O) groups is 1. The molecule has 0 aromatic rings. The molecule has 0 aliphatic rings. The summed E-state index contributed by atoms with van der Waals surface area (Å²) in [6.07, 6.45) is 1.92. The molecule has 0 saturated carbocycles. The lowest BCUT2D eigenvalue weighted by Crippen LogP contribution is -2.18. The van der Waals surface area contributed by atoms with Gasteiger partial charge in [-0.25, -0.2) is 0 Å². The average molecular weight is 192 g/mol. The van der Waals surface area contributed by atoms with Crippen molar-refractivity contribution >= 4 is 16.8 Å². The summed E-state index contributed by atoms with van der Waals surface area (Å²) in [4.78, 5) is 10.4. The highest BCUT2D eigenvalue weighted by Gasteiger charge is 2.13. The van der Waals surface area contributed by atoms with Gasteiger partial charge in [0, 0.05) is 22.3 Å². The van der Waals surface area contributed by atoms with E-state index in [-0.39, 0.29) is 5.75 Å². The van der Waals surface area contributed by atoms with Crippen LogP contribution in [0.2, 0.25) is 0 Å². The Balaban J connectivity index is 3.61. The fourth-order valence-corrected chi connectivity index (χ4v) is 2.22. The fraction of sp³-hybridized carbons (Fsp3) is 0.875. The second-order valence-electron chi connectivity index (χ2n) is 2.90. The minimum Gasteiger partial charge on any atom is -0.481 e. The third-order valence-electron chi connectivity index (χ3n) is 1.58. The van der Waals surface area contributed by atoms with Crippen molar-refractivity contribution in [2.75, 3.05) is 11.5 Å². The molecule has 2 atom stereocenters. The van der Waals surface area contributed by atoms with Crippen molar-refractivity contribution in [2.24, 2.45) is 5.92 Å². The summed E-state index contributed by atoms with van der Waals surface area (Å²) in [5.74, 6) is -0.425. The molecule has 1 N–H and O–H groups in total. The molecule has 12 heavy (non-hydrogen) atoms. The minimum atomic E-state index is -0.951. The highest BCUT2D eigenvalue weighted by atomic mass is 32.2. The van der Waals surface area contributed by atoms with Gasteiger partial charge in [-0.15, -0.1) is 0 Å². The van der Waals surface area contributed by atoms with Crippen LogP contribution >= 0.6 is 0 Å². The maximum atomic E-state index is 11.2. The zero-order valence-electron chi connectivity index (χ0n) is 7.58. The van der Waals surface area contributed by atoms with Crippen molar-refractivity contribution in [1.82, 2.24) is 0 Å². The Bertz CT molecular complexity index is 168. The van der Waals surface area contributed by atoms with Crippen LogP contribution in [0.1, 0.15) is 26.7 Å². The molecular formula is C8H16O3S. The standard InChI is InChI=1S/C8H16O3S/c1-3-4-5-12(11)6-7(2)8(9)10/h7H,3-6H2,1-2H3,(H,9,10). The highest BCUT2D eigenvalue weighted by Crippen LogP contribution is 2.00. The minimum absolute atomic E-state index is 0.287. The van der Waals surface area contributed by atoms with Crippen LogP contribution in [0.4, 0.5) is 0 Å². The quantitative estimate of drug-likeness (QED) is 0.689. The molecule has 2 unspecified atom stereocenters. The topological polar surface area (TPSA) is 54.4 Å². The Kier molecular flexibility index (Phi) is 5.98. The van der Waals surface area contributed by atoms with Crippen LogP contribution in [0.3, 0.4) is 0 Å². The first-order valence-corrected chi connectivity index (χ1v) is 5.64. The molecule has 0 saturated heterocycles. The summed E-state index contributed by atoms with van der Waals surface area (Å²) in [5, 5.41) is 8.52. The van der Waals surface area contributed by atoms with Crippen molar-refractivity contribution in [1.29, 1.82) is 0 Å². The monoisotopic (exact) mass is 192 g/mol. The summed E-state index contributed by atoms with van der Waals surface area (Å²) < 4.78 is 11.2. The fourth-order valence-electron chi connectivity index (χ4n) is 0.739. The maximum Gasteiger partial charge on any atom is 0.307 e. The molecule has 0 aromatic heterocycles. The van der Waals surface area contributed by atoms with Gasteiger partial charge in [0.1, 0.15) is 0 Å². The number of carboxylic acid groups (broad SMARTS) is 1. The van der Waals surface area contributed by atoms with Crippen LogP contribution < -0.4 is 0 Å². The van der Waals surface area contributed by atoms with Gasteiger partial charge in [-0.2, -0.15) is 0 Å². The molecule has 72 valence electrons. The molecule has 0 spiro atoms. The van der Waals surface area contributed by atoms with Gasteiger partial charge < -0.3 is 5.11 Å². The first-order valence-electron chi connectivity index (χ1n) is 4.15. The zero-order chi connectivity index (χ0) is 9.56. The SMILES string of the molecule is CCCCS(=O)CC(C)C(=O)O. The van der Waals surface area contributed by atoms with Crippen molar-refractivity contribution in [3.63, 3.8) is 0 Å². The Labute approximate surface area is 75.6 Å². The van der Waals surface area contributed by atoms with E-state index in [1.807, 2.05) is 6.92 Å². The van der Waals surface area contributed by atoms with Crippen molar-refractivity contribution in [2.45, 2.75) is 26.7 Å². The predicted molar refractivity (Wildman–Crippen MR) is 49.6 cm³/mol. The molecule has 0 heterocycles. The lowest BCUT2D eigenvalue weighted by atomic mass is 10.2. The molecule has 0 aliphatic carbocycles. The third-order valence-corrected chi connectivity index (χ3v) is 3.20. The molecular weight excluding hydrogens is 176 g/mol. The van der Waals surface area contributed by atoms with E-state index >= 15 is 0 Å². The molecule has 0 bridgehead atoms. The first-order chi connectivity index (χ1) is 5.57. The van der Waals surface area contributed by atoms with Gasteiger partial charge >= 0.3 is 5.97 Å². The normalized spacial score (nSPS) is 15.5. The van der Waals surface area contributed by atoms with Crippen molar-refractivity contribution in [3.05, 3.63) is 0 Å². The largest absolute Gasteiger partial charge is 0.481 e. The Morgan fingerprint density at radius 1 is 1.58 bits per heavy atom. The van der Waals surface area contributed by atoms with Crippen molar-refractivity contribution in [3.8, 4) is 0 Å². The van der Waals surface area contributed by atoms with E-state index in [9.17, 15) is 9.00 Å². The van der Waals surface area contributed by atoms with Gasteiger partial charge in [-0.3, -0.25) is 9.00 Å². The van der Waals surface area contributed by atoms with E-state index in [1.54, 1.807) is 6.92 Å². The van der Waals surface area contributed by atoms with E-state index in [2.05, 4.69) is 0 Å². The van der Waals surface area contributed by atoms with Crippen LogP contribution in [0.15, 0.2) is 0 Å². The first kappa shape index (κ1) is 11.6. The highest BCUT2D eigenvalue weighted by molar-refractivity contribution is 7.85. The van der Waals surface area contributed by atoms with Crippen LogP contribution in [0.5, 0.6) is 0 Å². The molecule has 0 radical (unpaired) electrons. The smallest absolute Gasteiger partial charge is 0.307 e. The van der Waals surface area contributed by atoms with Gasteiger partial charge in [0.2, 0.25) is 0 Å². The average Bonchev–Trinajstić information content (AvgIpc) is 2.00. The van der Waals surface area contributed by atoms with Crippen LogP contribution in [-0.4, -0.2) is 26.8 Å². The zero-order valence-corrected chi connectivity index (χ0v) is 8.39. The van der Waals surface area contributed by atoms with Gasteiger partial charge in [0.05, 0.1) is 5.92 Å². The third kappa shape index (κ3) is 5.29. The Hall–Kier alpha value is -0.380. The lowest BCUT2D eigenvalue weighted by molar-refractivity contribution is -0.140. The number of unbranched alkanes of at least 4 members (excludes halogenated alkanes) is 1. The molecule has 0 aromatic carbocycles. The van der Waals surface area contributed by atoms with E-state index in [0.717, 1.165) is 12.8 Å². The number of carboxylic acids is 1. The van der Waals surface area contributed by atoms with E-state index in [4.69, 9.17) is 5.11 Å². The summed E-state index contributed by atoms with van der Waals surface area (Å²) in [7, 11) is -0.951. The van der Waals surface area contributed by atoms with Crippen LogP contribution in [0, 0.1) is 5.92 Å². The number of hydrogen-bond donors (Lipinski definition) is 1. The van der Waals surface area contributed by atoms with Crippen LogP contribution in [-0.2, 0) is 15.6 Å². The van der Waals surface area contributed by atoms with Gasteiger partial charge in [0.15, 0.2) is 0 Å². The maximum absolute atomic E-state index is 11.2. The molecule has 4 heteroatoms. The Morgan fingerprint density at radius 3 is 2.58 bits per heavy atom. The van der Waals surface area contributed by atoms with Gasteiger partial charge in [-0.05, 0) is 6.42 Å². The number of hydrogen-bond acceptors (Lipinski definition) is 2. The lowest BCUT2D eigenvalue weighted by Gasteiger charge is -2.04. The molecule has 0 amide bonds. The van der Waals surface area contributed by atoms with Gasteiger partial charge in [-0.1, -0.05) is 20.3 Å². The van der Waals surface area contributed by atoms with Crippen molar-refractivity contribution < 1.29 is 14.1 Å². The summed E-state index contributed by atoms with van der Waals surface area (Å²) in [6.45, 7) is 3.62. The van der Waals surface area contributed by atoms with Crippen LogP contribution in [0.25, 0.3) is 0 Å². The summed E-state index contributed by atoms with van der Waals surface area (Å²) >= 11 is 0. The van der Waals surface area contributed by atoms with E-state index in [0.29, 0.717) is 5.75 Å². The molecule has 0 fully saturated rings. The number of rotatable bonds is 6. The molecule has 0 rings (SSSR count). The molecule has 3 nitrogen and oxygen atoms in total. The second kappa shape index (κ2) is 6.17. The van der Waals surface area contributed by atoms with Gasteiger partial charge in [0.25, 0.3) is 0 Å². The van der Waals surface area contributed by atoms with E-state index < -0.39 is 22.7 Å². The molecule has 0 aliphatic heterocycles. The second-order valence-corrected chi connectivity index (χ2v) is 4.52.